The molecule has 3 aromatic rings. The van der Waals surface area contributed by atoms with Crippen molar-refractivity contribution < 1.29 is 23.1 Å². The molecule has 1 amide bonds. The van der Waals surface area contributed by atoms with Gasteiger partial charge in [0.25, 0.3) is 0 Å². The SMILES string of the molecule is O=C(O)[N@@+]1(c2ccc(C(F)(F)F)cc2)CCCC1c1nnnn1Cc1ccc(Cl)cc1. The Kier molecular flexibility index (Phi) is 5.44. The number of nitrogens with zero attached hydrogens (tertiary/aromatic N) is 5. The molecule has 1 aromatic heterocycles. The topological polar surface area (TPSA) is 80.9 Å². The van der Waals surface area contributed by atoms with Gasteiger partial charge in [-0.25, -0.2) is 4.68 Å². The lowest BCUT2D eigenvalue weighted by Crippen LogP contribution is -2.53. The molecule has 7 nitrogen and oxygen atoms in total. The molecule has 2 atom stereocenters. The normalized spacial score (nSPS) is 21.4. The van der Waals surface area contributed by atoms with E-state index in [2.05, 4.69) is 15.5 Å². The summed E-state index contributed by atoms with van der Waals surface area (Å²) in [5.41, 5.74) is 0.297. The minimum Gasteiger partial charge on any atom is -0.435 e. The summed E-state index contributed by atoms with van der Waals surface area (Å²) in [5, 5.41) is 22.6. The molecular formula is C20H18ClF3N5O2+. The van der Waals surface area contributed by atoms with E-state index in [9.17, 15) is 23.1 Å². The van der Waals surface area contributed by atoms with Gasteiger partial charge in [-0.3, -0.25) is 0 Å². The van der Waals surface area contributed by atoms with Crippen LogP contribution in [-0.4, -0.2) is 38.0 Å². The number of hydrogen-bond acceptors (Lipinski definition) is 4. The molecule has 1 N–H and O–H groups in total. The van der Waals surface area contributed by atoms with Gasteiger partial charge in [0.15, 0.2) is 6.04 Å². The Labute approximate surface area is 180 Å². The van der Waals surface area contributed by atoms with Crippen molar-refractivity contribution in [1.29, 1.82) is 0 Å². The van der Waals surface area contributed by atoms with Crippen LogP contribution in [0.25, 0.3) is 0 Å². The highest BCUT2D eigenvalue weighted by molar-refractivity contribution is 6.30. The van der Waals surface area contributed by atoms with E-state index in [1.807, 2.05) is 12.1 Å². The number of quaternary nitrogens is 1. The van der Waals surface area contributed by atoms with E-state index in [0.29, 0.717) is 30.2 Å². The summed E-state index contributed by atoms with van der Waals surface area (Å²) < 4.78 is 39.9. The molecule has 4 rings (SSSR count). The molecule has 2 aromatic carbocycles. The van der Waals surface area contributed by atoms with Crippen LogP contribution in [0, 0.1) is 0 Å². The second-order valence-electron chi connectivity index (χ2n) is 7.40. The van der Waals surface area contributed by atoms with Crippen molar-refractivity contribution in [2.45, 2.75) is 31.6 Å². The van der Waals surface area contributed by atoms with Crippen LogP contribution in [0.3, 0.4) is 0 Å². The van der Waals surface area contributed by atoms with Gasteiger partial charge in [-0.1, -0.05) is 23.7 Å². The highest BCUT2D eigenvalue weighted by atomic mass is 35.5. The number of alkyl halides is 3. The number of likely N-dealkylation sites (tertiary alicyclic amines) is 1. The summed E-state index contributed by atoms with van der Waals surface area (Å²) in [5.74, 6) is 0.370. The fourth-order valence-corrected chi connectivity index (χ4v) is 4.25. The van der Waals surface area contributed by atoms with E-state index in [-0.39, 0.29) is 12.2 Å². The number of rotatable bonds is 4. The van der Waals surface area contributed by atoms with E-state index in [1.54, 1.807) is 12.1 Å². The molecule has 1 unspecified atom stereocenters. The van der Waals surface area contributed by atoms with E-state index in [0.717, 1.165) is 17.7 Å². The minimum atomic E-state index is -4.50. The van der Waals surface area contributed by atoms with E-state index >= 15 is 0 Å². The largest absolute Gasteiger partial charge is 0.519 e. The van der Waals surface area contributed by atoms with Crippen LogP contribution < -0.4 is 4.48 Å². The predicted molar refractivity (Wildman–Crippen MR) is 106 cm³/mol. The first-order valence-corrected chi connectivity index (χ1v) is 9.89. The van der Waals surface area contributed by atoms with Crippen molar-refractivity contribution >= 4 is 23.4 Å². The number of carbonyl (C=O) groups is 1. The van der Waals surface area contributed by atoms with E-state index < -0.39 is 28.4 Å². The fraction of sp³-hybridized carbons (Fsp3) is 0.300. The van der Waals surface area contributed by atoms with E-state index in [1.165, 1.54) is 16.8 Å². The Balaban J connectivity index is 1.72. The van der Waals surface area contributed by atoms with Crippen molar-refractivity contribution in [3.8, 4) is 0 Å². The van der Waals surface area contributed by atoms with Crippen molar-refractivity contribution in [3.05, 3.63) is 70.5 Å². The minimum absolute atomic E-state index is 0.221. The molecule has 0 aliphatic carbocycles. The lowest BCUT2D eigenvalue weighted by Gasteiger charge is -2.33. The summed E-state index contributed by atoms with van der Waals surface area (Å²) in [7, 11) is 0. The average molecular weight is 453 g/mol. The van der Waals surface area contributed by atoms with Gasteiger partial charge in [-0.05, 0) is 40.3 Å². The Morgan fingerprint density at radius 2 is 1.84 bits per heavy atom. The smallest absolute Gasteiger partial charge is 0.435 e. The first-order chi connectivity index (χ1) is 14.7. The average Bonchev–Trinajstić information content (AvgIpc) is 3.36. The first-order valence-electron chi connectivity index (χ1n) is 9.51. The Bertz CT molecular complexity index is 1090. The number of hydrogen-bond donors (Lipinski definition) is 1. The number of halogens is 4. The summed E-state index contributed by atoms with van der Waals surface area (Å²) in [4.78, 5) is 12.5. The second kappa shape index (κ2) is 7.93. The summed E-state index contributed by atoms with van der Waals surface area (Å²) in [6, 6.07) is 10.7. The zero-order chi connectivity index (χ0) is 22.2. The van der Waals surface area contributed by atoms with Crippen LogP contribution in [0.15, 0.2) is 48.5 Å². The molecule has 0 radical (unpaired) electrons. The molecule has 162 valence electrons. The van der Waals surface area contributed by atoms with Crippen LogP contribution in [0.2, 0.25) is 5.02 Å². The highest BCUT2D eigenvalue weighted by Crippen LogP contribution is 2.44. The third-order valence-corrected chi connectivity index (χ3v) is 5.87. The van der Waals surface area contributed by atoms with Crippen LogP contribution in [0.4, 0.5) is 23.7 Å². The number of carboxylic acid groups (broad SMARTS) is 1. The van der Waals surface area contributed by atoms with Crippen molar-refractivity contribution in [3.63, 3.8) is 0 Å². The predicted octanol–water partition coefficient (Wildman–Crippen LogP) is 4.91. The Hall–Kier alpha value is -2.98. The van der Waals surface area contributed by atoms with Gasteiger partial charge in [0.1, 0.15) is 5.69 Å². The van der Waals surface area contributed by atoms with Crippen LogP contribution in [0.1, 0.15) is 35.8 Å². The number of aromatic nitrogens is 4. The lowest BCUT2D eigenvalue weighted by atomic mass is 10.1. The molecule has 2 heterocycles. The second-order valence-corrected chi connectivity index (χ2v) is 7.84. The number of amides is 1. The quantitative estimate of drug-likeness (QED) is 0.569. The standard InChI is InChI=1S/C20H17ClF3N5O2/c21-15-7-3-13(4-8-15)12-28-18(25-26-27-28)17-2-1-11-29(17,19(30)31)16-9-5-14(6-10-16)20(22,23)24/h3-10,17H,1-2,11-12H2/p+1/t17?,29-/m1/s1. The summed E-state index contributed by atoms with van der Waals surface area (Å²) in [6.45, 7) is 0.530. The van der Waals surface area contributed by atoms with Gasteiger partial charge in [-0.15, -0.1) is 5.10 Å². The zero-order valence-corrected chi connectivity index (χ0v) is 16.9. The first kappa shape index (κ1) is 21.3. The third kappa shape index (κ3) is 3.88. The van der Waals surface area contributed by atoms with Gasteiger partial charge in [-0.2, -0.15) is 22.4 Å². The molecule has 1 saturated heterocycles. The van der Waals surface area contributed by atoms with Crippen molar-refractivity contribution in [1.82, 2.24) is 24.7 Å². The van der Waals surface area contributed by atoms with Gasteiger partial charge in [0, 0.05) is 30.0 Å². The maximum Gasteiger partial charge on any atom is 0.519 e. The van der Waals surface area contributed by atoms with Gasteiger partial charge < -0.3 is 5.11 Å². The highest BCUT2D eigenvalue weighted by Gasteiger charge is 2.54. The molecule has 0 bridgehead atoms. The van der Waals surface area contributed by atoms with E-state index in [4.69, 9.17) is 11.6 Å². The molecule has 1 aliphatic rings. The zero-order valence-electron chi connectivity index (χ0n) is 16.1. The van der Waals surface area contributed by atoms with Gasteiger partial charge in [0.2, 0.25) is 5.82 Å². The van der Waals surface area contributed by atoms with Crippen molar-refractivity contribution in [2.75, 3.05) is 6.54 Å². The van der Waals surface area contributed by atoms with Crippen LogP contribution in [0.5, 0.6) is 0 Å². The van der Waals surface area contributed by atoms with Crippen LogP contribution >= 0.6 is 11.6 Å². The summed E-state index contributed by atoms with van der Waals surface area (Å²) in [6.07, 6.45) is -4.62. The molecule has 0 spiro atoms. The summed E-state index contributed by atoms with van der Waals surface area (Å²) >= 11 is 5.92. The maximum absolute atomic E-state index is 13.0. The molecule has 11 heteroatoms. The van der Waals surface area contributed by atoms with Crippen molar-refractivity contribution in [2.24, 2.45) is 0 Å². The fourth-order valence-electron chi connectivity index (χ4n) is 4.13. The van der Waals surface area contributed by atoms with Gasteiger partial charge in [0.05, 0.1) is 18.7 Å². The third-order valence-electron chi connectivity index (χ3n) is 5.62. The number of benzene rings is 2. The molecule has 0 saturated carbocycles. The molecule has 31 heavy (non-hydrogen) atoms. The number of tetrazole rings is 1. The molecule has 1 fully saturated rings. The molecular weight excluding hydrogens is 435 g/mol. The maximum atomic E-state index is 13.0. The monoisotopic (exact) mass is 452 g/mol. The van der Waals surface area contributed by atoms with Crippen LogP contribution in [-0.2, 0) is 12.7 Å². The Morgan fingerprint density at radius 3 is 2.45 bits per heavy atom. The lowest BCUT2D eigenvalue weighted by molar-refractivity contribution is -0.137. The Morgan fingerprint density at radius 1 is 1.16 bits per heavy atom. The van der Waals surface area contributed by atoms with Gasteiger partial charge >= 0.3 is 12.3 Å². The molecule has 1 aliphatic heterocycles.